The molecule has 0 rings (SSSR count). The van der Waals surface area contributed by atoms with E-state index in [0.29, 0.717) is 0 Å². The molecular weight excluding hydrogens is 295 g/mol. The molecule has 0 aliphatic rings. The van der Waals surface area contributed by atoms with Gasteiger partial charge >= 0.3 is 29.6 Å². The molecule has 0 aromatic heterocycles. The summed E-state index contributed by atoms with van der Waals surface area (Å²) < 4.78 is 57.4. The summed E-state index contributed by atoms with van der Waals surface area (Å²) in [5, 5.41) is -1.22. The molecule has 0 aliphatic heterocycles. The van der Waals surface area contributed by atoms with Gasteiger partial charge in [0.1, 0.15) is 0 Å². The predicted octanol–water partition coefficient (Wildman–Crippen LogP) is -0.942. The zero-order chi connectivity index (χ0) is 11.6. The summed E-state index contributed by atoms with van der Waals surface area (Å²) in [6.45, 7) is 0. The van der Waals surface area contributed by atoms with E-state index in [1.165, 1.54) is 0 Å². The van der Waals surface area contributed by atoms with Crippen LogP contribution in [0.4, 0.5) is 0 Å². The standard InChI is InChI=1S/C4H10O6S4.Na.H/c5-13(6,7)4(14(8,9)10)3(12)1-2-11;;/h3-4,11-12H,1-2H2,(H,5,6,7)(H,8,9,10);;. The average Bonchev–Trinajstić information content (AvgIpc) is 1.78. The summed E-state index contributed by atoms with van der Waals surface area (Å²) in [6.07, 6.45) is 0.0104. The van der Waals surface area contributed by atoms with Crippen molar-refractivity contribution in [3.63, 3.8) is 0 Å². The molecule has 0 saturated carbocycles. The number of rotatable bonds is 5. The van der Waals surface area contributed by atoms with Crippen molar-refractivity contribution in [2.75, 3.05) is 5.75 Å². The molecule has 6 nitrogen and oxygen atoms in total. The van der Waals surface area contributed by atoms with Crippen molar-refractivity contribution < 1.29 is 25.9 Å². The average molecular weight is 306 g/mol. The van der Waals surface area contributed by atoms with Crippen LogP contribution in [-0.4, -0.2) is 71.1 Å². The fraction of sp³-hybridized carbons (Fsp3) is 1.00. The van der Waals surface area contributed by atoms with E-state index >= 15 is 0 Å². The molecule has 0 fully saturated rings. The van der Waals surface area contributed by atoms with Crippen LogP contribution in [0.5, 0.6) is 0 Å². The molecule has 15 heavy (non-hydrogen) atoms. The second-order valence-electron chi connectivity index (χ2n) is 2.48. The van der Waals surface area contributed by atoms with Gasteiger partial charge in [-0.25, -0.2) is 0 Å². The fourth-order valence-corrected chi connectivity index (χ4v) is 4.65. The quantitative estimate of drug-likeness (QED) is 0.296. The molecule has 88 valence electrons. The molecule has 0 bridgehead atoms. The van der Waals surface area contributed by atoms with Gasteiger partial charge in [0.05, 0.1) is 0 Å². The molecule has 0 aromatic carbocycles. The SMILES string of the molecule is O=S(=O)(O)C(C(S)CCS)S(=O)(=O)O.[NaH]. The van der Waals surface area contributed by atoms with Gasteiger partial charge in [-0.2, -0.15) is 42.1 Å². The van der Waals surface area contributed by atoms with E-state index in [4.69, 9.17) is 9.11 Å². The van der Waals surface area contributed by atoms with Crippen LogP contribution in [-0.2, 0) is 20.2 Å². The van der Waals surface area contributed by atoms with Crippen molar-refractivity contribution in [2.24, 2.45) is 0 Å². The topological polar surface area (TPSA) is 109 Å². The Kier molecular flexibility index (Phi) is 8.89. The number of hydrogen-bond donors (Lipinski definition) is 4. The molecule has 11 heteroatoms. The zero-order valence-corrected chi connectivity index (χ0v) is 10.2. The van der Waals surface area contributed by atoms with E-state index in [0.717, 1.165) is 0 Å². The van der Waals surface area contributed by atoms with E-state index in [1.54, 1.807) is 0 Å². The van der Waals surface area contributed by atoms with Gasteiger partial charge in [0, 0.05) is 5.25 Å². The number of thiol groups is 2. The fourth-order valence-electron chi connectivity index (χ4n) is 0.819. The first-order valence-corrected chi connectivity index (χ1v) is 7.47. The van der Waals surface area contributed by atoms with Gasteiger partial charge in [0.15, 0.2) is 0 Å². The third-order valence-corrected chi connectivity index (χ3v) is 5.83. The zero-order valence-electron chi connectivity index (χ0n) is 6.81. The molecule has 0 aromatic rings. The van der Waals surface area contributed by atoms with E-state index < -0.39 is 30.1 Å². The minimum atomic E-state index is -4.89. The van der Waals surface area contributed by atoms with Crippen molar-refractivity contribution in [1.82, 2.24) is 0 Å². The summed E-state index contributed by atoms with van der Waals surface area (Å²) in [5.41, 5.74) is 0. The molecule has 1 unspecified atom stereocenters. The Labute approximate surface area is 122 Å². The molecular formula is C4H11NaO6S4. The van der Waals surface area contributed by atoms with Crippen molar-refractivity contribution in [3.8, 4) is 0 Å². The third-order valence-electron chi connectivity index (χ3n) is 1.33. The Hall–Kier alpha value is 1.52. The van der Waals surface area contributed by atoms with Gasteiger partial charge in [-0.05, 0) is 12.2 Å². The molecule has 2 N–H and O–H groups in total. The first-order chi connectivity index (χ1) is 6.10. The van der Waals surface area contributed by atoms with Crippen LogP contribution in [0, 0.1) is 0 Å². The second-order valence-corrected chi connectivity index (χ2v) is 6.96. The molecule has 0 radical (unpaired) electrons. The second kappa shape index (κ2) is 7.07. The molecule has 0 amide bonds. The van der Waals surface area contributed by atoms with Crippen LogP contribution in [0.25, 0.3) is 0 Å². The van der Waals surface area contributed by atoms with Crippen LogP contribution in [0.1, 0.15) is 6.42 Å². The maximum absolute atomic E-state index is 10.6. The normalized spacial score (nSPS) is 14.7. The molecule has 0 heterocycles. The van der Waals surface area contributed by atoms with E-state index in [9.17, 15) is 16.8 Å². The van der Waals surface area contributed by atoms with Crippen molar-refractivity contribution in [3.05, 3.63) is 0 Å². The Morgan fingerprint density at radius 2 is 1.40 bits per heavy atom. The third kappa shape index (κ3) is 6.74. The predicted molar refractivity (Wildman–Crippen MR) is 65.3 cm³/mol. The van der Waals surface area contributed by atoms with Gasteiger partial charge in [-0.1, -0.05) is 0 Å². The van der Waals surface area contributed by atoms with E-state index in [2.05, 4.69) is 25.3 Å². The van der Waals surface area contributed by atoms with Crippen LogP contribution in [0.15, 0.2) is 0 Å². The van der Waals surface area contributed by atoms with Gasteiger partial charge in [0.2, 0.25) is 4.58 Å². The summed E-state index contributed by atoms with van der Waals surface area (Å²) in [6, 6.07) is 0. The Morgan fingerprint density at radius 1 is 1.07 bits per heavy atom. The Morgan fingerprint density at radius 3 is 1.60 bits per heavy atom. The summed E-state index contributed by atoms with van der Waals surface area (Å²) in [5.74, 6) is 0.176. The van der Waals surface area contributed by atoms with Gasteiger partial charge in [0.25, 0.3) is 20.2 Å². The van der Waals surface area contributed by atoms with Crippen molar-refractivity contribution in [2.45, 2.75) is 16.3 Å². The molecule has 0 spiro atoms. The summed E-state index contributed by atoms with van der Waals surface area (Å²) >= 11 is 7.41. The molecule has 0 aliphatic carbocycles. The van der Waals surface area contributed by atoms with Crippen molar-refractivity contribution >= 4 is 75.1 Å². The first-order valence-electron chi connectivity index (χ1n) is 3.32. The Bertz CT molecular complexity index is 342. The van der Waals surface area contributed by atoms with E-state index in [-0.39, 0.29) is 41.7 Å². The van der Waals surface area contributed by atoms with Crippen LogP contribution in [0.3, 0.4) is 0 Å². The molecule has 0 saturated heterocycles. The van der Waals surface area contributed by atoms with Gasteiger partial charge < -0.3 is 0 Å². The maximum atomic E-state index is 10.6. The number of hydrogen-bond acceptors (Lipinski definition) is 6. The van der Waals surface area contributed by atoms with Gasteiger partial charge in [-0.15, -0.1) is 0 Å². The van der Waals surface area contributed by atoms with Crippen LogP contribution < -0.4 is 0 Å². The minimum absolute atomic E-state index is 0. The molecule has 1 atom stereocenters. The first kappa shape index (κ1) is 18.9. The summed E-state index contributed by atoms with van der Waals surface area (Å²) in [4.78, 5) is 0. The van der Waals surface area contributed by atoms with Gasteiger partial charge in [-0.3, -0.25) is 9.11 Å². The van der Waals surface area contributed by atoms with Crippen LogP contribution in [0.2, 0.25) is 0 Å². The summed E-state index contributed by atoms with van der Waals surface area (Å²) in [7, 11) is -9.78. The van der Waals surface area contributed by atoms with Crippen LogP contribution >= 0.6 is 25.3 Å². The monoisotopic (exact) mass is 306 g/mol. The van der Waals surface area contributed by atoms with E-state index in [1.807, 2.05) is 0 Å². The Balaban J connectivity index is 0. The van der Waals surface area contributed by atoms with Crippen molar-refractivity contribution in [1.29, 1.82) is 0 Å².